The SMILES string of the molecule is CC(NC(=O)c1cn(Cc2ccccc2)nc1-c1ccccc1)C1CCCO1. The van der Waals surface area contributed by atoms with E-state index in [1.165, 1.54) is 0 Å². The van der Waals surface area contributed by atoms with Crippen LogP contribution in [-0.4, -0.2) is 34.4 Å². The summed E-state index contributed by atoms with van der Waals surface area (Å²) in [7, 11) is 0. The third-order valence-corrected chi connectivity index (χ3v) is 5.12. The fourth-order valence-corrected chi connectivity index (χ4v) is 3.62. The highest BCUT2D eigenvalue weighted by Gasteiger charge is 2.26. The Morgan fingerprint density at radius 3 is 2.57 bits per heavy atom. The zero-order valence-electron chi connectivity index (χ0n) is 16.0. The first-order valence-electron chi connectivity index (χ1n) is 9.80. The number of rotatable bonds is 6. The molecule has 2 aromatic carbocycles. The first-order chi connectivity index (χ1) is 13.7. The Kier molecular flexibility index (Phi) is 5.53. The van der Waals surface area contributed by atoms with Gasteiger partial charge in [-0.15, -0.1) is 0 Å². The Morgan fingerprint density at radius 2 is 1.89 bits per heavy atom. The van der Waals surface area contributed by atoms with Crippen LogP contribution in [0, 0.1) is 0 Å². The Morgan fingerprint density at radius 1 is 1.18 bits per heavy atom. The second kappa shape index (κ2) is 8.40. The van der Waals surface area contributed by atoms with E-state index in [1.54, 1.807) is 0 Å². The van der Waals surface area contributed by atoms with Crippen molar-refractivity contribution in [1.29, 1.82) is 0 Å². The van der Waals surface area contributed by atoms with Gasteiger partial charge in [-0.3, -0.25) is 9.48 Å². The number of carbonyl (C=O) groups excluding carboxylic acids is 1. The van der Waals surface area contributed by atoms with Crippen molar-refractivity contribution in [3.8, 4) is 11.3 Å². The van der Waals surface area contributed by atoms with E-state index in [9.17, 15) is 4.79 Å². The summed E-state index contributed by atoms with van der Waals surface area (Å²) in [5, 5.41) is 7.83. The highest BCUT2D eigenvalue weighted by molar-refractivity contribution is 6.00. The lowest BCUT2D eigenvalue weighted by atomic mass is 10.1. The summed E-state index contributed by atoms with van der Waals surface area (Å²) in [5.74, 6) is -0.110. The Labute approximate surface area is 165 Å². The summed E-state index contributed by atoms with van der Waals surface area (Å²) >= 11 is 0. The number of nitrogens with one attached hydrogen (secondary N) is 1. The number of ether oxygens (including phenoxy) is 1. The number of hydrogen-bond acceptors (Lipinski definition) is 3. The van der Waals surface area contributed by atoms with Crippen LogP contribution in [0.4, 0.5) is 0 Å². The van der Waals surface area contributed by atoms with Crippen molar-refractivity contribution in [2.75, 3.05) is 6.61 Å². The minimum absolute atomic E-state index is 0.0314. The molecular weight excluding hydrogens is 350 g/mol. The molecule has 2 atom stereocenters. The molecule has 144 valence electrons. The van der Waals surface area contributed by atoms with Crippen LogP contribution in [0.2, 0.25) is 0 Å². The van der Waals surface area contributed by atoms with Gasteiger partial charge in [0.1, 0.15) is 5.69 Å². The largest absolute Gasteiger partial charge is 0.376 e. The predicted molar refractivity (Wildman–Crippen MR) is 109 cm³/mol. The van der Waals surface area contributed by atoms with Crippen LogP contribution >= 0.6 is 0 Å². The molecule has 0 bridgehead atoms. The van der Waals surface area contributed by atoms with Gasteiger partial charge in [-0.1, -0.05) is 60.7 Å². The van der Waals surface area contributed by atoms with Crippen molar-refractivity contribution in [2.45, 2.75) is 38.5 Å². The van der Waals surface area contributed by atoms with Crippen molar-refractivity contribution < 1.29 is 9.53 Å². The summed E-state index contributed by atoms with van der Waals surface area (Å²) in [6.07, 6.45) is 3.96. The first kappa shape index (κ1) is 18.4. The maximum Gasteiger partial charge on any atom is 0.255 e. The molecule has 5 heteroatoms. The quantitative estimate of drug-likeness (QED) is 0.711. The molecule has 1 aliphatic heterocycles. The summed E-state index contributed by atoms with van der Waals surface area (Å²) in [4.78, 5) is 13.1. The summed E-state index contributed by atoms with van der Waals surface area (Å²) in [6, 6.07) is 19.9. The van der Waals surface area contributed by atoms with E-state index in [2.05, 4.69) is 17.4 Å². The molecule has 1 fully saturated rings. The lowest BCUT2D eigenvalue weighted by Crippen LogP contribution is -2.40. The molecule has 2 unspecified atom stereocenters. The van der Waals surface area contributed by atoms with Gasteiger partial charge in [0.05, 0.1) is 24.3 Å². The second-order valence-electron chi connectivity index (χ2n) is 7.25. The van der Waals surface area contributed by atoms with Crippen molar-refractivity contribution in [3.63, 3.8) is 0 Å². The zero-order chi connectivity index (χ0) is 19.3. The third kappa shape index (κ3) is 4.15. The van der Waals surface area contributed by atoms with Crippen molar-refractivity contribution in [2.24, 2.45) is 0 Å². The second-order valence-corrected chi connectivity index (χ2v) is 7.25. The molecule has 0 aliphatic carbocycles. The van der Waals surface area contributed by atoms with Crippen LogP contribution in [0.15, 0.2) is 66.9 Å². The Hall–Kier alpha value is -2.92. The summed E-state index contributed by atoms with van der Waals surface area (Å²) in [6.45, 7) is 3.40. The molecular formula is C23H25N3O2. The molecule has 0 saturated carbocycles. The van der Waals surface area contributed by atoms with Crippen LogP contribution in [0.5, 0.6) is 0 Å². The number of nitrogens with zero attached hydrogens (tertiary/aromatic N) is 2. The third-order valence-electron chi connectivity index (χ3n) is 5.12. The maximum atomic E-state index is 13.1. The lowest BCUT2D eigenvalue weighted by Gasteiger charge is -2.19. The Bertz CT molecular complexity index is 916. The molecule has 1 N–H and O–H groups in total. The van der Waals surface area contributed by atoms with Gasteiger partial charge in [-0.25, -0.2) is 0 Å². The Balaban J connectivity index is 1.61. The van der Waals surface area contributed by atoms with E-state index in [-0.39, 0.29) is 18.1 Å². The molecule has 2 heterocycles. The maximum absolute atomic E-state index is 13.1. The topological polar surface area (TPSA) is 56.2 Å². The van der Waals surface area contributed by atoms with Crippen LogP contribution < -0.4 is 5.32 Å². The van der Waals surface area contributed by atoms with E-state index >= 15 is 0 Å². The van der Waals surface area contributed by atoms with Gasteiger partial charge in [0.2, 0.25) is 0 Å². The van der Waals surface area contributed by atoms with E-state index in [4.69, 9.17) is 9.84 Å². The van der Waals surface area contributed by atoms with E-state index in [0.29, 0.717) is 17.8 Å². The normalized spacial score (nSPS) is 17.4. The average Bonchev–Trinajstić information content (AvgIpc) is 3.40. The minimum atomic E-state index is -0.110. The van der Waals surface area contributed by atoms with Crippen molar-refractivity contribution in [1.82, 2.24) is 15.1 Å². The first-order valence-corrected chi connectivity index (χ1v) is 9.80. The summed E-state index contributed by atoms with van der Waals surface area (Å²) < 4.78 is 7.55. The predicted octanol–water partition coefficient (Wildman–Crippen LogP) is 3.90. The van der Waals surface area contributed by atoms with Crippen LogP contribution in [0.25, 0.3) is 11.3 Å². The van der Waals surface area contributed by atoms with Gasteiger partial charge in [0.15, 0.2) is 0 Å². The number of benzene rings is 2. The monoisotopic (exact) mass is 375 g/mol. The fourth-order valence-electron chi connectivity index (χ4n) is 3.62. The van der Waals surface area contributed by atoms with E-state index in [1.807, 2.05) is 66.3 Å². The van der Waals surface area contributed by atoms with Gasteiger partial charge in [0, 0.05) is 18.4 Å². The molecule has 1 aliphatic rings. The van der Waals surface area contributed by atoms with Gasteiger partial charge < -0.3 is 10.1 Å². The number of carbonyl (C=O) groups is 1. The molecule has 1 amide bonds. The molecule has 0 radical (unpaired) electrons. The number of hydrogen-bond donors (Lipinski definition) is 1. The van der Waals surface area contributed by atoms with E-state index < -0.39 is 0 Å². The average molecular weight is 375 g/mol. The van der Waals surface area contributed by atoms with Crippen molar-refractivity contribution in [3.05, 3.63) is 78.0 Å². The molecule has 0 spiro atoms. The zero-order valence-corrected chi connectivity index (χ0v) is 16.0. The molecule has 5 nitrogen and oxygen atoms in total. The standard InChI is InChI=1S/C23H25N3O2/c1-17(21-13-8-14-28-21)24-23(27)20-16-26(15-18-9-4-2-5-10-18)25-22(20)19-11-6-3-7-12-19/h2-7,9-12,16-17,21H,8,13-15H2,1H3,(H,24,27). The lowest BCUT2D eigenvalue weighted by molar-refractivity contribution is 0.0712. The molecule has 1 aromatic heterocycles. The van der Waals surface area contributed by atoms with Gasteiger partial charge in [-0.05, 0) is 25.3 Å². The van der Waals surface area contributed by atoms with Crippen LogP contribution in [0.1, 0.15) is 35.7 Å². The molecule has 28 heavy (non-hydrogen) atoms. The number of aromatic nitrogens is 2. The van der Waals surface area contributed by atoms with Gasteiger partial charge in [0.25, 0.3) is 5.91 Å². The fraction of sp³-hybridized carbons (Fsp3) is 0.304. The minimum Gasteiger partial charge on any atom is -0.376 e. The summed E-state index contributed by atoms with van der Waals surface area (Å²) in [5.41, 5.74) is 3.37. The van der Waals surface area contributed by atoms with Gasteiger partial charge >= 0.3 is 0 Å². The highest BCUT2D eigenvalue weighted by atomic mass is 16.5. The van der Waals surface area contributed by atoms with E-state index in [0.717, 1.165) is 30.6 Å². The molecule has 4 rings (SSSR count). The molecule has 1 saturated heterocycles. The van der Waals surface area contributed by atoms with Crippen molar-refractivity contribution >= 4 is 5.91 Å². The van der Waals surface area contributed by atoms with Crippen LogP contribution in [-0.2, 0) is 11.3 Å². The van der Waals surface area contributed by atoms with Crippen LogP contribution in [0.3, 0.4) is 0 Å². The highest BCUT2D eigenvalue weighted by Crippen LogP contribution is 2.23. The van der Waals surface area contributed by atoms with Gasteiger partial charge in [-0.2, -0.15) is 5.10 Å². The number of amides is 1. The molecule has 3 aromatic rings. The smallest absolute Gasteiger partial charge is 0.255 e.